The molecule has 0 fully saturated rings. The van der Waals surface area contributed by atoms with Crippen molar-refractivity contribution in [2.45, 2.75) is 40.5 Å². The number of benzene rings is 5. The van der Waals surface area contributed by atoms with E-state index in [0.29, 0.717) is 24.0 Å². The van der Waals surface area contributed by atoms with Crippen LogP contribution in [0.1, 0.15) is 39.7 Å². The topological polar surface area (TPSA) is 59.7 Å². The van der Waals surface area contributed by atoms with Gasteiger partial charge in [-0.15, -0.1) is 16.5 Å². The van der Waals surface area contributed by atoms with Gasteiger partial charge in [0.1, 0.15) is 22.6 Å². The Balaban J connectivity index is 1.11. The van der Waals surface area contributed by atoms with Gasteiger partial charge in [0.25, 0.3) is 0 Å². The Bertz CT molecular complexity index is 2270. The molecule has 2 heterocycles. The summed E-state index contributed by atoms with van der Waals surface area (Å²) in [4.78, 5) is 1.93. The molecule has 0 radical (unpaired) electrons. The molecular weight excluding hydrogens is 648 g/mol. The monoisotopic (exact) mass is 684 g/mol. The molecule has 0 saturated carbocycles. The van der Waals surface area contributed by atoms with E-state index in [0.717, 1.165) is 83.8 Å². The van der Waals surface area contributed by atoms with Crippen LogP contribution in [0.15, 0.2) is 113 Å². The lowest BCUT2D eigenvalue weighted by atomic mass is 10.0. The van der Waals surface area contributed by atoms with E-state index in [4.69, 9.17) is 4.74 Å². The van der Waals surface area contributed by atoms with Gasteiger partial charge in [0.15, 0.2) is 0 Å². The number of aryl methyl sites for hydroxylation is 1. The van der Waals surface area contributed by atoms with E-state index in [9.17, 15) is 0 Å². The molecule has 5 aromatic carbocycles. The van der Waals surface area contributed by atoms with Crippen molar-refractivity contribution in [3.05, 3.63) is 115 Å². The Morgan fingerprint density at radius 1 is 0.694 bits per heavy atom. The molecule has 0 aliphatic carbocycles. The zero-order valence-electron chi connectivity index (χ0n) is 28.0. The van der Waals surface area contributed by atoms with Gasteiger partial charge in [0.05, 0.1) is 29.7 Å². The first-order chi connectivity index (χ1) is 23.8. The normalized spacial score (nSPS) is 11.9. The second-order valence-corrected chi connectivity index (χ2v) is 14.7. The molecular formula is C41H37FN4OS2. The van der Waals surface area contributed by atoms with Crippen LogP contribution >= 0.6 is 23.1 Å². The zero-order valence-corrected chi connectivity index (χ0v) is 29.6. The molecule has 0 bridgehead atoms. The maximum absolute atomic E-state index is 15.2. The second kappa shape index (κ2) is 14.4. The predicted molar refractivity (Wildman–Crippen MR) is 203 cm³/mol. The fourth-order valence-electron chi connectivity index (χ4n) is 5.84. The number of thiophene rings is 1. The molecule has 0 aliphatic rings. The summed E-state index contributed by atoms with van der Waals surface area (Å²) in [6, 6.07) is 33.9. The van der Waals surface area contributed by atoms with E-state index in [2.05, 4.69) is 70.9 Å². The first-order valence-electron chi connectivity index (χ1n) is 16.6. The number of fused-ring (bicyclic) bond motifs is 2. The first-order valence-corrected chi connectivity index (χ1v) is 18.2. The third kappa shape index (κ3) is 7.16. The van der Waals surface area contributed by atoms with Crippen LogP contribution in [0.4, 0.5) is 15.8 Å². The van der Waals surface area contributed by atoms with Crippen molar-refractivity contribution in [3.8, 4) is 37.8 Å². The number of rotatable bonds is 11. The molecule has 0 N–H and O–H groups in total. The van der Waals surface area contributed by atoms with Crippen LogP contribution in [-0.2, 0) is 6.42 Å². The first kappa shape index (κ1) is 32.7. The highest BCUT2D eigenvalue weighted by atomic mass is 32.1. The molecule has 0 atom stereocenters. The largest absolute Gasteiger partial charge is 0.493 e. The van der Waals surface area contributed by atoms with Gasteiger partial charge >= 0.3 is 0 Å². The number of hydrogen-bond donors (Lipinski definition) is 0. The van der Waals surface area contributed by atoms with E-state index in [1.165, 1.54) is 11.7 Å². The third-order valence-corrected chi connectivity index (χ3v) is 10.2. The van der Waals surface area contributed by atoms with Crippen molar-refractivity contribution in [3.63, 3.8) is 0 Å². The summed E-state index contributed by atoms with van der Waals surface area (Å²) in [5.74, 6) is 1.72. The molecule has 5 nitrogen and oxygen atoms in total. The summed E-state index contributed by atoms with van der Waals surface area (Å²) in [6.07, 6.45) is 1.94. The van der Waals surface area contributed by atoms with Crippen LogP contribution in [0.3, 0.4) is 0 Å². The molecule has 0 amide bonds. The molecule has 0 unspecified atom stereocenters. The quantitative estimate of drug-likeness (QED) is 0.127. The molecule has 7 aromatic rings. The van der Waals surface area contributed by atoms with Crippen molar-refractivity contribution >= 4 is 56.2 Å². The SMILES string of the molecule is CC(C)CCc1ccc(-c2ccc(-c3ccc(-c4ccc(/N=N/c5ccc(OCC(C)C)c6ccccc56)cc4)c4nsnc34)s2)c(F)c1. The van der Waals surface area contributed by atoms with Crippen LogP contribution < -0.4 is 4.74 Å². The van der Waals surface area contributed by atoms with Crippen molar-refractivity contribution in [1.29, 1.82) is 0 Å². The van der Waals surface area contributed by atoms with Gasteiger partial charge in [-0.3, -0.25) is 0 Å². The average Bonchev–Trinajstić information content (AvgIpc) is 3.80. The summed E-state index contributed by atoms with van der Waals surface area (Å²) in [6.45, 7) is 9.32. The van der Waals surface area contributed by atoms with E-state index < -0.39 is 0 Å². The third-order valence-electron chi connectivity index (χ3n) is 8.48. The van der Waals surface area contributed by atoms with Gasteiger partial charge in [-0.25, -0.2) is 4.39 Å². The Morgan fingerprint density at radius 3 is 2.12 bits per heavy atom. The Kier molecular flexibility index (Phi) is 9.60. The fraction of sp³-hybridized carbons (Fsp3) is 0.220. The molecule has 246 valence electrons. The highest BCUT2D eigenvalue weighted by Gasteiger charge is 2.17. The summed E-state index contributed by atoms with van der Waals surface area (Å²) in [7, 11) is 0. The summed E-state index contributed by atoms with van der Waals surface area (Å²) in [5.41, 5.74) is 7.92. The van der Waals surface area contributed by atoms with Crippen LogP contribution in [0.2, 0.25) is 0 Å². The summed E-state index contributed by atoms with van der Waals surface area (Å²) < 4.78 is 30.6. The Morgan fingerprint density at radius 2 is 1.39 bits per heavy atom. The van der Waals surface area contributed by atoms with Gasteiger partial charge in [-0.05, 0) is 78.3 Å². The van der Waals surface area contributed by atoms with Crippen LogP contribution in [0.5, 0.6) is 5.75 Å². The van der Waals surface area contributed by atoms with Crippen molar-refractivity contribution in [2.75, 3.05) is 6.61 Å². The highest BCUT2D eigenvalue weighted by Crippen LogP contribution is 2.41. The van der Waals surface area contributed by atoms with E-state index in [1.54, 1.807) is 17.4 Å². The van der Waals surface area contributed by atoms with Crippen molar-refractivity contribution < 1.29 is 9.13 Å². The lowest BCUT2D eigenvalue weighted by Crippen LogP contribution is -2.04. The highest BCUT2D eigenvalue weighted by molar-refractivity contribution is 7.19. The number of nitrogens with zero attached hydrogens (tertiary/aromatic N) is 4. The number of halogens is 1. The Labute approximate surface area is 294 Å². The van der Waals surface area contributed by atoms with Gasteiger partial charge < -0.3 is 4.74 Å². The van der Waals surface area contributed by atoms with Gasteiger partial charge in [-0.1, -0.05) is 88.4 Å². The number of azo groups is 1. The predicted octanol–water partition coefficient (Wildman–Crippen LogP) is 13.1. The zero-order chi connectivity index (χ0) is 33.9. The fourth-order valence-corrected chi connectivity index (χ4v) is 7.47. The number of hydrogen-bond acceptors (Lipinski definition) is 7. The smallest absolute Gasteiger partial charge is 0.132 e. The van der Waals surface area contributed by atoms with Crippen LogP contribution in [-0.4, -0.2) is 15.4 Å². The van der Waals surface area contributed by atoms with Gasteiger partial charge in [0, 0.05) is 37.2 Å². The van der Waals surface area contributed by atoms with Crippen molar-refractivity contribution in [2.24, 2.45) is 22.1 Å². The van der Waals surface area contributed by atoms with E-state index >= 15 is 4.39 Å². The summed E-state index contributed by atoms with van der Waals surface area (Å²) >= 11 is 2.78. The Hall–Kier alpha value is -4.79. The molecule has 0 spiro atoms. The minimum Gasteiger partial charge on any atom is -0.493 e. The number of ether oxygens (including phenoxy) is 1. The van der Waals surface area contributed by atoms with E-state index in [-0.39, 0.29) is 5.82 Å². The number of aromatic nitrogens is 2. The maximum atomic E-state index is 15.2. The van der Waals surface area contributed by atoms with Crippen molar-refractivity contribution in [1.82, 2.24) is 8.75 Å². The molecule has 0 saturated heterocycles. The lowest BCUT2D eigenvalue weighted by molar-refractivity contribution is 0.274. The standard InChI is InChI=1S/C41H37FN4OS2/c1-25(2)9-10-27-11-16-33(35(42)23-27)38-21-22-39(48-38)34-18-17-30(40-41(34)46-49-45-40)28-12-14-29(15-13-28)43-44-36-19-20-37(47-24-26(3)4)32-8-6-5-7-31(32)36/h5-8,11-23,25-26H,9-10,24H2,1-4H3/b44-43+. The lowest BCUT2D eigenvalue weighted by Gasteiger charge is -2.12. The van der Waals surface area contributed by atoms with Gasteiger partial charge in [0.2, 0.25) is 0 Å². The molecule has 8 heteroatoms. The maximum Gasteiger partial charge on any atom is 0.132 e. The average molecular weight is 685 g/mol. The minimum atomic E-state index is -0.175. The minimum absolute atomic E-state index is 0.175. The molecule has 0 aliphatic heterocycles. The van der Waals surface area contributed by atoms with Gasteiger partial charge in [-0.2, -0.15) is 13.9 Å². The molecule has 7 rings (SSSR count). The van der Waals surface area contributed by atoms with Crippen LogP contribution in [0, 0.1) is 17.7 Å². The molecule has 49 heavy (non-hydrogen) atoms. The molecule has 2 aromatic heterocycles. The summed E-state index contributed by atoms with van der Waals surface area (Å²) in [5, 5.41) is 11.2. The second-order valence-electron chi connectivity index (χ2n) is 13.1. The van der Waals surface area contributed by atoms with E-state index in [1.807, 2.05) is 72.8 Å². The van der Waals surface area contributed by atoms with Crippen LogP contribution in [0.25, 0.3) is 53.8 Å².